The molecule has 3 heteroatoms. The fourth-order valence-corrected chi connectivity index (χ4v) is 1.87. The first-order valence-electron chi connectivity index (χ1n) is 5.25. The number of carbonyl (C=O) groups is 1. The summed E-state index contributed by atoms with van der Waals surface area (Å²) in [6.45, 7) is 3.47. The van der Waals surface area contributed by atoms with Crippen molar-refractivity contribution in [1.82, 2.24) is 0 Å². The monoisotopic (exact) mass is 218 g/mol. The second-order valence-electron chi connectivity index (χ2n) is 4.09. The Hall–Kier alpha value is -1.77. The number of ether oxygens (including phenoxy) is 1. The maximum atomic E-state index is 11.0. The van der Waals surface area contributed by atoms with E-state index in [1.165, 1.54) is 6.92 Å². The number of Topliss-reactive ketones (excluding diaryl/α,β-unsaturated/α-hetero) is 1. The number of phenolic OH excluding ortho intramolecular Hbond substituents is 1. The molecule has 16 heavy (non-hydrogen) atoms. The molecule has 1 aromatic rings. The van der Waals surface area contributed by atoms with Gasteiger partial charge in [-0.1, -0.05) is 0 Å². The Morgan fingerprint density at radius 2 is 2.25 bits per heavy atom. The Kier molecular flexibility index (Phi) is 2.69. The van der Waals surface area contributed by atoms with Crippen LogP contribution in [0.3, 0.4) is 0 Å². The summed E-state index contributed by atoms with van der Waals surface area (Å²) >= 11 is 0. The van der Waals surface area contributed by atoms with E-state index in [4.69, 9.17) is 4.74 Å². The maximum Gasteiger partial charge on any atom is 0.137 e. The summed E-state index contributed by atoms with van der Waals surface area (Å²) in [5.41, 5.74) is 2.08. The lowest BCUT2D eigenvalue weighted by molar-refractivity contribution is -0.116. The van der Waals surface area contributed by atoms with Crippen LogP contribution in [-0.2, 0) is 11.2 Å². The number of aromatic hydroxyl groups is 1. The van der Waals surface area contributed by atoms with Gasteiger partial charge in [-0.3, -0.25) is 4.79 Å². The van der Waals surface area contributed by atoms with Gasteiger partial charge in [-0.25, -0.2) is 0 Å². The summed E-state index contributed by atoms with van der Waals surface area (Å²) in [5.74, 6) is 1.60. The second-order valence-corrected chi connectivity index (χ2v) is 4.09. The van der Waals surface area contributed by atoms with Gasteiger partial charge in [-0.2, -0.15) is 0 Å². The highest BCUT2D eigenvalue weighted by molar-refractivity contribution is 5.78. The third-order valence-corrected chi connectivity index (χ3v) is 2.61. The highest BCUT2D eigenvalue weighted by Gasteiger charge is 2.16. The van der Waals surface area contributed by atoms with Crippen molar-refractivity contribution in [3.8, 4) is 11.5 Å². The average molecular weight is 218 g/mol. The van der Waals surface area contributed by atoms with E-state index in [0.29, 0.717) is 17.9 Å². The normalized spacial score (nSPS) is 13.8. The molecule has 0 saturated heterocycles. The first-order chi connectivity index (χ1) is 7.56. The van der Waals surface area contributed by atoms with Gasteiger partial charge in [-0.15, -0.1) is 0 Å². The number of benzene rings is 1. The van der Waals surface area contributed by atoms with Gasteiger partial charge in [0.2, 0.25) is 0 Å². The zero-order chi connectivity index (χ0) is 11.7. The predicted octanol–water partition coefficient (Wildman–Crippen LogP) is 2.50. The Morgan fingerprint density at radius 3 is 2.94 bits per heavy atom. The van der Waals surface area contributed by atoms with E-state index in [1.807, 2.05) is 13.0 Å². The summed E-state index contributed by atoms with van der Waals surface area (Å²) < 4.78 is 5.58. The smallest absolute Gasteiger partial charge is 0.137 e. The fraction of sp³-hybridized carbons (Fsp3) is 0.308. The standard InChI is InChI=1S/C13H14O3/c1-8-5-10(15)7-13-12(8)4-3-11(16-13)6-9(2)14/h3,5,7,15H,4,6H2,1-2H3. The van der Waals surface area contributed by atoms with Gasteiger partial charge in [0.15, 0.2) is 0 Å². The molecule has 2 rings (SSSR count). The van der Waals surface area contributed by atoms with Crippen LogP contribution in [0.5, 0.6) is 11.5 Å². The Bertz CT molecular complexity index is 472. The number of carbonyl (C=O) groups excluding carboxylic acids is 1. The van der Waals surface area contributed by atoms with E-state index < -0.39 is 0 Å². The summed E-state index contributed by atoms with van der Waals surface area (Å²) in [4.78, 5) is 11.0. The van der Waals surface area contributed by atoms with E-state index in [9.17, 15) is 9.90 Å². The highest BCUT2D eigenvalue weighted by atomic mass is 16.5. The van der Waals surface area contributed by atoms with Crippen molar-refractivity contribution in [2.24, 2.45) is 0 Å². The van der Waals surface area contributed by atoms with E-state index in [2.05, 4.69) is 0 Å². The molecular weight excluding hydrogens is 204 g/mol. The van der Waals surface area contributed by atoms with Crippen molar-refractivity contribution in [1.29, 1.82) is 0 Å². The number of ketones is 1. The number of aryl methyl sites for hydroxylation is 1. The van der Waals surface area contributed by atoms with Gasteiger partial charge in [0, 0.05) is 11.6 Å². The molecule has 0 aromatic heterocycles. The lowest BCUT2D eigenvalue weighted by atomic mass is 10.0. The summed E-state index contributed by atoms with van der Waals surface area (Å²) in [6.07, 6.45) is 2.99. The molecular formula is C13H14O3. The number of fused-ring (bicyclic) bond motifs is 1. The van der Waals surface area contributed by atoms with Crippen molar-refractivity contribution in [3.63, 3.8) is 0 Å². The summed E-state index contributed by atoms with van der Waals surface area (Å²) in [5, 5.41) is 9.47. The first-order valence-corrected chi connectivity index (χ1v) is 5.25. The molecule has 3 nitrogen and oxygen atoms in total. The van der Waals surface area contributed by atoms with Crippen LogP contribution < -0.4 is 4.74 Å². The van der Waals surface area contributed by atoms with Crippen molar-refractivity contribution >= 4 is 5.78 Å². The van der Waals surface area contributed by atoms with Gasteiger partial charge in [0.1, 0.15) is 23.0 Å². The Morgan fingerprint density at radius 1 is 1.50 bits per heavy atom. The first kappa shape index (κ1) is 10.7. The zero-order valence-electron chi connectivity index (χ0n) is 9.41. The Labute approximate surface area is 94.4 Å². The van der Waals surface area contributed by atoms with E-state index in [1.54, 1.807) is 12.1 Å². The number of hydrogen-bond donors (Lipinski definition) is 1. The van der Waals surface area contributed by atoms with Crippen LogP contribution in [0, 0.1) is 6.92 Å². The number of phenols is 1. The van der Waals surface area contributed by atoms with Crippen LogP contribution in [0.4, 0.5) is 0 Å². The average Bonchev–Trinajstić information content (AvgIpc) is 2.15. The molecule has 0 amide bonds. The van der Waals surface area contributed by atoms with Crippen molar-refractivity contribution < 1.29 is 14.6 Å². The molecule has 0 unspecified atom stereocenters. The molecule has 0 saturated carbocycles. The quantitative estimate of drug-likeness (QED) is 0.829. The molecule has 1 aliphatic rings. The third-order valence-electron chi connectivity index (χ3n) is 2.61. The van der Waals surface area contributed by atoms with Crippen LogP contribution in [-0.4, -0.2) is 10.9 Å². The molecule has 0 fully saturated rings. The molecule has 1 aromatic carbocycles. The van der Waals surface area contributed by atoms with E-state index >= 15 is 0 Å². The van der Waals surface area contributed by atoms with E-state index in [0.717, 1.165) is 17.5 Å². The predicted molar refractivity (Wildman–Crippen MR) is 60.6 cm³/mol. The Balaban J connectivity index is 2.29. The minimum atomic E-state index is 0.0755. The van der Waals surface area contributed by atoms with Gasteiger partial charge >= 0.3 is 0 Å². The SMILES string of the molecule is CC(=O)CC1=CCc2c(C)cc(O)cc2O1. The number of rotatable bonds is 2. The topological polar surface area (TPSA) is 46.5 Å². The lowest BCUT2D eigenvalue weighted by Crippen LogP contribution is -2.08. The maximum absolute atomic E-state index is 11.0. The largest absolute Gasteiger partial charge is 0.508 e. The third kappa shape index (κ3) is 2.08. The van der Waals surface area contributed by atoms with Gasteiger partial charge in [0.25, 0.3) is 0 Å². The molecule has 0 atom stereocenters. The molecule has 1 aliphatic heterocycles. The van der Waals surface area contributed by atoms with Gasteiger partial charge in [-0.05, 0) is 38.0 Å². The summed E-state index contributed by atoms with van der Waals surface area (Å²) in [7, 11) is 0. The van der Waals surface area contributed by atoms with Gasteiger partial charge < -0.3 is 9.84 Å². The van der Waals surface area contributed by atoms with Crippen LogP contribution >= 0.6 is 0 Å². The lowest BCUT2D eigenvalue weighted by Gasteiger charge is -2.19. The van der Waals surface area contributed by atoms with Crippen LogP contribution in [0.25, 0.3) is 0 Å². The van der Waals surface area contributed by atoms with E-state index in [-0.39, 0.29) is 11.5 Å². The van der Waals surface area contributed by atoms with Crippen molar-refractivity contribution in [2.75, 3.05) is 0 Å². The van der Waals surface area contributed by atoms with Crippen LogP contribution in [0.1, 0.15) is 24.5 Å². The molecule has 0 bridgehead atoms. The minimum Gasteiger partial charge on any atom is -0.508 e. The van der Waals surface area contributed by atoms with Crippen molar-refractivity contribution in [2.45, 2.75) is 26.7 Å². The molecule has 1 N–H and O–H groups in total. The van der Waals surface area contributed by atoms with Crippen molar-refractivity contribution in [3.05, 3.63) is 35.1 Å². The minimum absolute atomic E-state index is 0.0755. The van der Waals surface area contributed by atoms with Crippen LogP contribution in [0.15, 0.2) is 24.0 Å². The molecule has 1 heterocycles. The molecule has 0 aliphatic carbocycles. The number of hydrogen-bond acceptors (Lipinski definition) is 3. The molecule has 84 valence electrons. The zero-order valence-corrected chi connectivity index (χ0v) is 9.41. The summed E-state index contributed by atoms with van der Waals surface area (Å²) in [6, 6.07) is 3.31. The molecule has 0 radical (unpaired) electrons. The van der Waals surface area contributed by atoms with Gasteiger partial charge in [0.05, 0.1) is 6.42 Å². The van der Waals surface area contributed by atoms with Crippen LogP contribution in [0.2, 0.25) is 0 Å². The highest BCUT2D eigenvalue weighted by Crippen LogP contribution is 2.33. The molecule has 0 spiro atoms. The number of allylic oxidation sites excluding steroid dienone is 2. The fourth-order valence-electron chi connectivity index (χ4n) is 1.87. The second kappa shape index (κ2) is 4.00.